The lowest BCUT2D eigenvalue weighted by Crippen LogP contribution is -2.39. The summed E-state index contributed by atoms with van der Waals surface area (Å²) in [6.45, 7) is 3.24. The molecule has 1 atom stereocenters. The molecule has 1 heterocycles. The SMILES string of the molecule is COC(CN)CC(=O)N1CCCc2cc(C)ccc21. The second-order valence-corrected chi connectivity index (χ2v) is 5.08. The number of aryl methyl sites for hydroxylation is 2. The van der Waals surface area contributed by atoms with Crippen LogP contribution in [0.3, 0.4) is 0 Å². The van der Waals surface area contributed by atoms with Crippen molar-refractivity contribution in [1.29, 1.82) is 0 Å². The molecule has 1 aromatic carbocycles. The molecule has 1 aliphatic rings. The number of benzene rings is 1. The van der Waals surface area contributed by atoms with Crippen molar-refractivity contribution in [3.8, 4) is 0 Å². The molecule has 0 spiro atoms. The van der Waals surface area contributed by atoms with E-state index in [1.165, 1.54) is 11.1 Å². The monoisotopic (exact) mass is 262 g/mol. The minimum atomic E-state index is -0.191. The molecule has 0 bridgehead atoms. The van der Waals surface area contributed by atoms with Crippen molar-refractivity contribution in [1.82, 2.24) is 0 Å². The van der Waals surface area contributed by atoms with Crippen molar-refractivity contribution < 1.29 is 9.53 Å². The molecule has 1 aromatic rings. The summed E-state index contributed by atoms with van der Waals surface area (Å²) < 4.78 is 5.20. The predicted octanol–water partition coefficient (Wildman–Crippen LogP) is 1.64. The lowest BCUT2D eigenvalue weighted by molar-refractivity contribution is -0.120. The van der Waals surface area contributed by atoms with Crippen LogP contribution in [0, 0.1) is 6.92 Å². The Kier molecular flexibility index (Phi) is 4.56. The van der Waals surface area contributed by atoms with Crippen LogP contribution in [0.4, 0.5) is 5.69 Å². The lowest BCUT2D eigenvalue weighted by Gasteiger charge is -2.30. The molecule has 2 rings (SSSR count). The molecule has 4 nitrogen and oxygen atoms in total. The molecule has 0 fully saturated rings. The number of anilines is 1. The van der Waals surface area contributed by atoms with E-state index < -0.39 is 0 Å². The van der Waals surface area contributed by atoms with E-state index >= 15 is 0 Å². The molecule has 0 saturated carbocycles. The van der Waals surface area contributed by atoms with Gasteiger partial charge in [-0.2, -0.15) is 0 Å². The van der Waals surface area contributed by atoms with E-state index in [2.05, 4.69) is 19.1 Å². The van der Waals surface area contributed by atoms with Crippen LogP contribution in [0.25, 0.3) is 0 Å². The van der Waals surface area contributed by atoms with E-state index in [0.717, 1.165) is 25.1 Å². The van der Waals surface area contributed by atoms with E-state index in [0.29, 0.717) is 13.0 Å². The first kappa shape index (κ1) is 14.0. The maximum atomic E-state index is 12.4. The summed E-state index contributed by atoms with van der Waals surface area (Å²) in [5.41, 5.74) is 9.14. The number of nitrogens with two attached hydrogens (primary N) is 1. The maximum Gasteiger partial charge on any atom is 0.229 e. The zero-order chi connectivity index (χ0) is 13.8. The number of methoxy groups -OCH3 is 1. The van der Waals surface area contributed by atoms with Gasteiger partial charge in [-0.3, -0.25) is 4.79 Å². The van der Waals surface area contributed by atoms with Crippen molar-refractivity contribution in [3.63, 3.8) is 0 Å². The summed E-state index contributed by atoms with van der Waals surface area (Å²) in [6.07, 6.45) is 2.22. The highest BCUT2D eigenvalue weighted by atomic mass is 16.5. The van der Waals surface area contributed by atoms with Crippen molar-refractivity contribution in [2.45, 2.75) is 32.3 Å². The summed E-state index contributed by atoms with van der Waals surface area (Å²) in [5.74, 6) is 0.0992. The summed E-state index contributed by atoms with van der Waals surface area (Å²) >= 11 is 0. The number of hydrogen-bond acceptors (Lipinski definition) is 3. The summed E-state index contributed by atoms with van der Waals surface area (Å²) in [5, 5.41) is 0. The average molecular weight is 262 g/mol. The number of hydrogen-bond donors (Lipinski definition) is 1. The Morgan fingerprint density at radius 3 is 3.00 bits per heavy atom. The quantitative estimate of drug-likeness (QED) is 0.897. The zero-order valence-corrected chi connectivity index (χ0v) is 11.7. The molecule has 4 heteroatoms. The number of amides is 1. The van der Waals surface area contributed by atoms with Gasteiger partial charge in [0.1, 0.15) is 0 Å². The van der Waals surface area contributed by atoms with Crippen LogP contribution in [-0.2, 0) is 16.0 Å². The third-order valence-corrected chi connectivity index (χ3v) is 3.65. The minimum Gasteiger partial charge on any atom is -0.380 e. The van der Waals surface area contributed by atoms with Crippen LogP contribution in [-0.4, -0.2) is 32.2 Å². The standard InChI is InChI=1S/C15H22N2O2/c1-11-5-6-14-12(8-11)4-3-7-17(14)15(18)9-13(10-16)19-2/h5-6,8,13H,3-4,7,9-10,16H2,1-2H3. The van der Waals surface area contributed by atoms with E-state index in [1.807, 2.05) is 11.0 Å². The molecule has 104 valence electrons. The van der Waals surface area contributed by atoms with Gasteiger partial charge in [-0.15, -0.1) is 0 Å². The molecule has 0 aliphatic carbocycles. The number of rotatable bonds is 4. The van der Waals surface area contributed by atoms with Gasteiger partial charge in [0.15, 0.2) is 0 Å². The Bertz CT molecular complexity index is 455. The van der Waals surface area contributed by atoms with Crippen LogP contribution >= 0.6 is 0 Å². The van der Waals surface area contributed by atoms with Crippen LogP contribution in [0.2, 0.25) is 0 Å². The Balaban J connectivity index is 2.16. The number of carbonyl (C=O) groups is 1. The Morgan fingerprint density at radius 1 is 1.53 bits per heavy atom. The highest BCUT2D eigenvalue weighted by Gasteiger charge is 2.24. The molecule has 2 N–H and O–H groups in total. The first-order valence-electron chi connectivity index (χ1n) is 6.78. The highest BCUT2D eigenvalue weighted by Crippen LogP contribution is 2.28. The number of carbonyl (C=O) groups excluding carboxylic acids is 1. The fourth-order valence-electron chi connectivity index (χ4n) is 2.55. The van der Waals surface area contributed by atoms with Gasteiger partial charge < -0.3 is 15.4 Å². The number of ether oxygens (including phenoxy) is 1. The van der Waals surface area contributed by atoms with Crippen molar-refractivity contribution >= 4 is 11.6 Å². The molecule has 1 amide bonds. The molecule has 19 heavy (non-hydrogen) atoms. The molecule has 0 aromatic heterocycles. The van der Waals surface area contributed by atoms with Gasteiger partial charge in [0.05, 0.1) is 12.5 Å². The first-order valence-corrected chi connectivity index (χ1v) is 6.78. The molecular formula is C15H22N2O2. The van der Waals surface area contributed by atoms with Gasteiger partial charge in [-0.25, -0.2) is 0 Å². The largest absolute Gasteiger partial charge is 0.380 e. The van der Waals surface area contributed by atoms with E-state index in [-0.39, 0.29) is 12.0 Å². The zero-order valence-electron chi connectivity index (χ0n) is 11.7. The van der Waals surface area contributed by atoms with E-state index in [4.69, 9.17) is 10.5 Å². The Morgan fingerprint density at radius 2 is 2.32 bits per heavy atom. The number of nitrogens with zero attached hydrogens (tertiary/aromatic N) is 1. The summed E-state index contributed by atoms with van der Waals surface area (Å²) in [4.78, 5) is 14.2. The van der Waals surface area contributed by atoms with Gasteiger partial charge in [0, 0.05) is 25.9 Å². The third-order valence-electron chi connectivity index (χ3n) is 3.65. The second-order valence-electron chi connectivity index (χ2n) is 5.08. The second kappa shape index (κ2) is 6.17. The van der Waals surface area contributed by atoms with Crippen molar-refractivity contribution in [2.24, 2.45) is 5.73 Å². The normalized spacial score (nSPS) is 16.1. The van der Waals surface area contributed by atoms with Crippen LogP contribution < -0.4 is 10.6 Å². The fourth-order valence-corrected chi connectivity index (χ4v) is 2.55. The summed E-state index contributed by atoms with van der Waals surface area (Å²) in [6, 6.07) is 6.28. The molecule has 1 unspecified atom stereocenters. The predicted molar refractivity (Wildman–Crippen MR) is 76.3 cm³/mol. The van der Waals surface area contributed by atoms with Gasteiger partial charge in [-0.05, 0) is 31.4 Å². The van der Waals surface area contributed by atoms with Crippen LogP contribution in [0.5, 0.6) is 0 Å². The lowest BCUT2D eigenvalue weighted by atomic mass is 9.99. The fraction of sp³-hybridized carbons (Fsp3) is 0.533. The Hall–Kier alpha value is -1.39. The molecule has 0 saturated heterocycles. The summed E-state index contributed by atoms with van der Waals surface area (Å²) in [7, 11) is 1.60. The smallest absolute Gasteiger partial charge is 0.229 e. The maximum absolute atomic E-state index is 12.4. The average Bonchev–Trinajstić information content (AvgIpc) is 2.43. The van der Waals surface area contributed by atoms with Crippen LogP contribution in [0.1, 0.15) is 24.0 Å². The van der Waals surface area contributed by atoms with Gasteiger partial charge in [0.2, 0.25) is 5.91 Å². The van der Waals surface area contributed by atoms with Gasteiger partial charge in [0.25, 0.3) is 0 Å². The molecular weight excluding hydrogens is 240 g/mol. The van der Waals surface area contributed by atoms with Crippen LogP contribution in [0.15, 0.2) is 18.2 Å². The third kappa shape index (κ3) is 3.14. The van der Waals surface area contributed by atoms with Gasteiger partial charge in [-0.1, -0.05) is 17.7 Å². The Labute approximate surface area is 114 Å². The minimum absolute atomic E-state index is 0.0992. The van der Waals surface area contributed by atoms with Crippen molar-refractivity contribution in [3.05, 3.63) is 29.3 Å². The van der Waals surface area contributed by atoms with Gasteiger partial charge >= 0.3 is 0 Å². The van der Waals surface area contributed by atoms with E-state index in [9.17, 15) is 4.79 Å². The van der Waals surface area contributed by atoms with Crippen molar-refractivity contribution in [2.75, 3.05) is 25.1 Å². The topological polar surface area (TPSA) is 55.6 Å². The molecule has 1 aliphatic heterocycles. The molecule has 0 radical (unpaired) electrons. The first-order chi connectivity index (χ1) is 9.15. The number of fused-ring (bicyclic) bond motifs is 1. The van der Waals surface area contributed by atoms with E-state index in [1.54, 1.807) is 7.11 Å². The highest BCUT2D eigenvalue weighted by molar-refractivity contribution is 5.94.